The molecule has 140 valence electrons. The summed E-state index contributed by atoms with van der Waals surface area (Å²) in [5, 5.41) is 0. The molecule has 0 aromatic carbocycles. The predicted octanol–water partition coefficient (Wildman–Crippen LogP) is 1.01. The maximum absolute atomic E-state index is 3.40. The molecule has 25 heavy (non-hydrogen) atoms. The van der Waals surface area contributed by atoms with Crippen molar-refractivity contribution < 1.29 is 51.0 Å². The van der Waals surface area contributed by atoms with Crippen LogP contribution in [-0.2, 0) is 26.2 Å². The van der Waals surface area contributed by atoms with Crippen molar-refractivity contribution in [3.8, 4) is 0 Å². The number of rotatable bonds is 8. The van der Waals surface area contributed by atoms with Crippen LogP contribution < -0.4 is 24.8 Å². The van der Waals surface area contributed by atoms with Gasteiger partial charge in [-0.3, -0.25) is 12.2 Å². The molecule has 2 aliphatic carbocycles. The van der Waals surface area contributed by atoms with E-state index in [1.54, 1.807) is 0 Å². The van der Waals surface area contributed by atoms with Gasteiger partial charge in [0.05, 0.1) is 0 Å². The van der Waals surface area contributed by atoms with Gasteiger partial charge in [-0.1, -0.05) is 65.2 Å². The summed E-state index contributed by atoms with van der Waals surface area (Å²) in [5.41, 5.74) is 2.91. The molecule has 0 radical (unpaired) electrons. The largest absolute Gasteiger partial charge is 4.00 e. The van der Waals surface area contributed by atoms with Crippen LogP contribution in [0.15, 0.2) is 35.5 Å². The van der Waals surface area contributed by atoms with E-state index in [0.717, 1.165) is 24.7 Å². The van der Waals surface area contributed by atoms with Gasteiger partial charge in [0.25, 0.3) is 0 Å². The number of hydrogen-bond acceptors (Lipinski definition) is 0. The van der Waals surface area contributed by atoms with Gasteiger partial charge in [0.2, 0.25) is 0 Å². The van der Waals surface area contributed by atoms with Gasteiger partial charge < -0.3 is 24.8 Å². The fourth-order valence-corrected chi connectivity index (χ4v) is 3.26. The molecule has 0 aliphatic heterocycles. The summed E-state index contributed by atoms with van der Waals surface area (Å²) in [6.07, 6.45) is 25.5. The average Bonchev–Trinajstić information content (AvgIpc) is 3.23. The molecular formula is C22H34Cl2Zr. The van der Waals surface area contributed by atoms with Gasteiger partial charge >= 0.3 is 26.2 Å². The van der Waals surface area contributed by atoms with Crippen molar-refractivity contribution in [3.63, 3.8) is 0 Å². The second-order valence-electron chi connectivity index (χ2n) is 6.26. The van der Waals surface area contributed by atoms with E-state index in [0.29, 0.717) is 0 Å². The number of hydrogen-bond donors (Lipinski definition) is 0. The van der Waals surface area contributed by atoms with Gasteiger partial charge in [-0.2, -0.15) is 12.2 Å². The molecule has 0 aromatic rings. The van der Waals surface area contributed by atoms with E-state index in [2.05, 4.69) is 64.2 Å². The molecule has 2 atom stereocenters. The normalized spacial score (nSPS) is 16.3. The van der Waals surface area contributed by atoms with Crippen molar-refractivity contribution in [2.24, 2.45) is 11.8 Å². The minimum Gasteiger partial charge on any atom is -1.00 e. The first kappa shape index (κ1) is 30.2. The van der Waals surface area contributed by atoms with Crippen LogP contribution in [0.2, 0.25) is 0 Å². The molecule has 0 aromatic heterocycles. The first-order valence-corrected chi connectivity index (χ1v) is 9.31. The van der Waals surface area contributed by atoms with Gasteiger partial charge in [0.1, 0.15) is 0 Å². The van der Waals surface area contributed by atoms with Gasteiger partial charge in [0.15, 0.2) is 0 Å². The van der Waals surface area contributed by atoms with Crippen LogP contribution in [-0.4, -0.2) is 0 Å². The monoisotopic (exact) mass is 458 g/mol. The molecule has 0 saturated carbocycles. The number of allylic oxidation sites excluding steroid dienone is 8. The summed E-state index contributed by atoms with van der Waals surface area (Å²) < 4.78 is 0. The van der Waals surface area contributed by atoms with E-state index in [4.69, 9.17) is 0 Å². The Morgan fingerprint density at radius 3 is 1.32 bits per heavy atom. The Labute approximate surface area is 188 Å². The Morgan fingerprint density at radius 2 is 1.12 bits per heavy atom. The summed E-state index contributed by atoms with van der Waals surface area (Å²) in [6.45, 7) is 9.03. The molecule has 0 saturated heterocycles. The Hall–Kier alpha value is 0.423. The maximum atomic E-state index is 3.40. The quantitative estimate of drug-likeness (QED) is 0.475. The van der Waals surface area contributed by atoms with Crippen molar-refractivity contribution in [2.45, 2.75) is 79.1 Å². The zero-order chi connectivity index (χ0) is 16.2. The van der Waals surface area contributed by atoms with Gasteiger partial charge in [-0.15, -0.1) is 12.8 Å². The van der Waals surface area contributed by atoms with E-state index in [-0.39, 0.29) is 51.0 Å². The minimum absolute atomic E-state index is 0. The Bertz CT molecular complexity index is 382. The van der Waals surface area contributed by atoms with E-state index in [1.807, 2.05) is 0 Å². The summed E-state index contributed by atoms with van der Waals surface area (Å²) in [4.78, 5) is 0. The van der Waals surface area contributed by atoms with Crippen molar-refractivity contribution in [1.82, 2.24) is 0 Å². The topological polar surface area (TPSA) is 0 Å². The van der Waals surface area contributed by atoms with Crippen LogP contribution in [0.3, 0.4) is 0 Å². The third-order valence-corrected chi connectivity index (χ3v) is 4.58. The van der Waals surface area contributed by atoms with Crippen molar-refractivity contribution >= 4 is 0 Å². The zero-order valence-electron chi connectivity index (χ0n) is 16.4. The summed E-state index contributed by atoms with van der Waals surface area (Å²) >= 11 is 0. The Balaban J connectivity index is -0.000000346. The van der Waals surface area contributed by atoms with Gasteiger partial charge in [-0.05, 0) is 12.8 Å². The average molecular weight is 461 g/mol. The minimum atomic E-state index is 0. The van der Waals surface area contributed by atoms with E-state index >= 15 is 0 Å². The first-order valence-electron chi connectivity index (χ1n) is 9.31. The predicted molar refractivity (Wildman–Crippen MR) is 98.4 cm³/mol. The van der Waals surface area contributed by atoms with Crippen molar-refractivity contribution in [2.75, 3.05) is 0 Å². The molecule has 2 unspecified atom stereocenters. The molecule has 0 fully saturated rings. The van der Waals surface area contributed by atoms with Crippen LogP contribution in [0, 0.1) is 24.0 Å². The Kier molecular flexibility index (Phi) is 23.2. The molecule has 0 bridgehead atoms. The number of halogens is 2. The molecule has 0 nitrogen and oxygen atoms in total. The molecule has 3 heteroatoms. The molecule has 2 rings (SSSR count). The molecule has 0 amide bonds. The van der Waals surface area contributed by atoms with Crippen LogP contribution in [0.1, 0.15) is 79.1 Å². The van der Waals surface area contributed by atoms with Gasteiger partial charge in [0, 0.05) is 0 Å². The maximum Gasteiger partial charge on any atom is 4.00 e. The first-order chi connectivity index (χ1) is 10.8. The Morgan fingerprint density at radius 1 is 0.760 bits per heavy atom. The third-order valence-electron chi connectivity index (χ3n) is 4.58. The fourth-order valence-electron chi connectivity index (χ4n) is 3.26. The molecule has 0 N–H and O–H groups in total. The summed E-state index contributed by atoms with van der Waals surface area (Å²) in [5.74, 6) is 1.55. The molecule has 0 heterocycles. The van der Waals surface area contributed by atoms with Crippen LogP contribution in [0.5, 0.6) is 0 Å². The molecule has 2 aliphatic rings. The smallest absolute Gasteiger partial charge is 1.00 e. The van der Waals surface area contributed by atoms with Crippen molar-refractivity contribution in [3.05, 3.63) is 47.6 Å². The second-order valence-corrected chi connectivity index (χ2v) is 6.26. The van der Waals surface area contributed by atoms with E-state index in [1.165, 1.54) is 49.7 Å². The molecule has 0 spiro atoms. The fraction of sp³-hybridized carbons (Fsp3) is 0.636. The molecular weight excluding hydrogens is 426 g/mol. The summed E-state index contributed by atoms with van der Waals surface area (Å²) in [6, 6.07) is 0. The van der Waals surface area contributed by atoms with Crippen LogP contribution in [0.4, 0.5) is 0 Å². The van der Waals surface area contributed by atoms with E-state index in [9.17, 15) is 0 Å². The zero-order valence-corrected chi connectivity index (χ0v) is 20.3. The van der Waals surface area contributed by atoms with Crippen LogP contribution >= 0.6 is 0 Å². The van der Waals surface area contributed by atoms with Crippen LogP contribution in [0.25, 0.3) is 0 Å². The van der Waals surface area contributed by atoms with Crippen molar-refractivity contribution in [1.29, 1.82) is 0 Å². The van der Waals surface area contributed by atoms with Gasteiger partial charge in [-0.25, -0.2) is 23.3 Å². The standard InChI is InChI=1S/2C11H17.2ClH.Zr/c2*1-3-7-10(4-2)11-8-5-6-9-11;;;/h2*5,8,10H,3-4,6-7H2,1-2H3;2*1H;/q2*-1;;;+4/p-2. The summed E-state index contributed by atoms with van der Waals surface area (Å²) in [7, 11) is 0. The van der Waals surface area contributed by atoms with E-state index < -0.39 is 0 Å². The SMILES string of the molecule is CCCC(CC)C1=[C-]CC=C1.CCCC(CC)C1=[C-]CC=C1.[Cl-].[Cl-].[Zr+4]. The third kappa shape index (κ3) is 11.7. The second kappa shape index (κ2) is 19.2.